The van der Waals surface area contributed by atoms with Crippen molar-refractivity contribution in [2.75, 3.05) is 19.5 Å². The van der Waals surface area contributed by atoms with Crippen molar-refractivity contribution in [1.82, 2.24) is 9.97 Å². The number of aromatic nitrogens is 2. The van der Waals surface area contributed by atoms with Crippen molar-refractivity contribution in [2.24, 2.45) is 0 Å². The van der Waals surface area contributed by atoms with Gasteiger partial charge in [0.15, 0.2) is 10.1 Å². The smallest absolute Gasteiger partial charge is 0.224 e. The number of sulfone groups is 2. The van der Waals surface area contributed by atoms with Crippen LogP contribution in [0.5, 0.6) is 0 Å². The van der Waals surface area contributed by atoms with E-state index in [1.165, 1.54) is 31.4 Å². The molecular formula is C18H17ClN2O5S2. The predicted octanol–water partition coefficient (Wildman–Crippen LogP) is 2.98. The lowest BCUT2D eigenvalue weighted by molar-refractivity contribution is 0.217. The lowest BCUT2D eigenvalue weighted by Crippen LogP contribution is -2.16. The minimum absolute atomic E-state index is 0.0870. The Morgan fingerprint density at radius 1 is 1.00 bits per heavy atom. The number of aromatic amines is 1. The van der Waals surface area contributed by atoms with Crippen LogP contribution in [0, 0.1) is 0 Å². The molecule has 148 valence electrons. The first-order valence-corrected chi connectivity index (χ1v) is 11.6. The number of imidazole rings is 1. The molecule has 0 aliphatic rings. The van der Waals surface area contributed by atoms with Crippen molar-refractivity contribution < 1.29 is 21.6 Å². The Labute approximate surface area is 168 Å². The highest BCUT2D eigenvalue weighted by Crippen LogP contribution is 2.30. The zero-order chi connectivity index (χ0) is 20.4. The van der Waals surface area contributed by atoms with Crippen LogP contribution in [0.1, 0.15) is 0 Å². The second-order valence-corrected chi connectivity index (χ2v) is 10.2. The summed E-state index contributed by atoms with van der Waals surface area (Å²) in [5, 5.41) is -0.649. The summed E-state index contributed by atoms with van der Waals surface area (Å²) < 4.78 is 56.6. The van der Waals surface area contributed by atoms with E-state index in [9.17, 15) is 16.8 Å². The number of nitrogens with zero attached hydrogens (tertiary/aromatic N) is 1. The van der Waals surface area contributed by atoms with Crippen molar-refractivity contribution >= 4 is 31.3 Å². The predicted molar refractivity (Wildman–Crippen MR) is 105 cm³/mol. The summed E-state index contributed by atoms with van der Waals surface area (Å²) in [7, 11) is -6.83. The molecule has 0 saturated heterocycles. The Kier molecular flexibility index (Phi) is 5.90. The molecule has 3 rings (SSSR count). The monoisotopic (exact) mass is 440 g/mol. The molecule has 0 saturated carbocycles. The van der Waals surface area contributed by atoms with Crippen LogP contribution in [0.3, 0.4) is 0 Å². The average Bonchev–Trinajstić information content (AvgIpc) is 3.15. The van der Waals surface area contributed by atoms with Gasteiger partial charge in [0, 0.05) is 17.7 Å². The van der Waals surface area contributed by atoms with E-state index in [4.69, 9.17) is 16.3 Å². The summed E-state index contributed by atoms with van der Waals surface area (Å²) in [6.07, 6.45) is 0. The first-order valence-electron chi connectivity index (χ1n) is 8.13. The standard InChI is InChI=1S/C18H17ClN2O5S2/c1-26-11-12-27(22,23)17-18(21-16(20-17)13-5-3-2-4-6-13)28(24,25)15-9-7-14(19)8-10-15/h2-10H,11-12H2,1H3,(H,20,21). The quantitative estimate of drug-likeness (QED) is 0.605. The second-order valence-electron chi connectivity index (χ2n) is 5.85. The largest absolute Gasteiger partial charge is 0.384 e. The van der Waals surface area contributed by atoms with Crippen LogP contribution in [0.15, 0.2) is 69.5 Å². The van der Waals surface area contributed by atoms with Crippen LogP contribution in [-0.2, 0) is 24.4 Å². The fraction of sp³-hybridized carbons (Fsp3) is 0.167. The molecule has 0 radical (unpaired) electrons. The Morgan fingerprint density at radius 2 is 1.64 bits per heavy atom. The summed E-state index contributed by atoms with van der Waals surface area (Å²) in [5.41, 5.74) is 0.559. The summed E-state index contributed by atoms with van der Waals surface area (Å²) >= 11 is 5.83. The molecule has 1 N–H and O–H groups in total. The van der Waals surface area contributed by atoms with Crippen LogP contribution >= 0.6 is 11.6 Å². The molecule has 1 heterocycles. The van der Waals surface area contributed by atoms with Gasteiger partial charge < -0.3 is 9.72 Å². The molecule has 0 spiro atoms. The van der Waals surface area contributed by atoms with Gasteiger partial charge >= 0.3 is 0 Å². The maximum Gasteiger partial charge on any atom is 0.224 e. The molecule has 0 atom stereocenters. The van der Waals surface area contributed by atoms with E-state index in [1.807, 2.05) is 0 Å². The van der Waals surface area contributed by atoms with Gasteiger partial charge in [-0.25, -0.2) is 21.8 Å². The van der Waals surface area contributed by atoms with Gasteiger partial charge in [-0.3, -0.25) is 0 Å². The molecule has 0 aliphatic heterocycles. The normalized spacial score (nSPS) is 12.2. The Hall–Kier alpha value is -2.20. The molecule has 0 bridgehead atoms. The van der Waals surface area contributed by atoms with Crippen molar-refractivity contribution in [3.05, 3.63) is 59.6 Å². The minimum Gasteiger partial charge on any atom is -0.384 e. The third-order valence-corrected chi connectivity index (χ3v) is 7.63. The third-order valence-electron chi connectivity index (χ3n) is 3.93. The van der Waals surface area contributed by atoms with Crippen LogP contribution in [-0.4, -0.2) is 46.3 Å². The molecule has 1 aromatic heterocycles. The molecule has 10 heteroatoms. The van der Waals surface area contributed by atoms with Gasteiger partial charge in [0.25, 0.3) is 0 Å². The van der Waals surface area contributed by atoms with E-state index in [-0.39, 0.29) is 17.3 Å². The maximum atomic E-state index is 13.1. The van der Waals surface area contributed by atoms with Gasteiger partial charge in [-0.1, -0.05) is 41.9 Å². The number of H-pyrrole nitrogens is 1. The highest BCUT2D eigenvalue weighted by Gasteiger charge is 2.32. The van der Waals surface area contributed by atoms with Crippen LogP contribution in [0.2, 0.25) is 5.02 Å². The van der Waals surface area contributed by atoms with Gasteiger partial charge in [-0.15, -0.1) is 0 Å². The Morgan fingerprint density at radius 3 is 2.25 bits per heavy atom. The van der Waals surface area contributed by atoms with Gasteiger partial charge in [0.1, 0.15) is 5.82 Å². The second kappa shape index (κ2) is 8.04. The molecule has 3 aromatic rings. The zero-order valence-electron chi connectivity index (χ0n) is 14.8. The minimum atomic E-state index is -4.18. The first kappa shape index (κ1) is 20.5. The molecule has 28 heavy (non-hydrogen) atoms. The average molecular weight is 441 g/mol. The van der Waals surface area contributed by atoms with Gasteiger partial charge in [0.2, 0.25) is 19.7 Å². The number of hydrogen-bond acceptors (Lipinski definition) is 6. The summed E-state index contributed by atoms with van der Waals surface area (Å²) in [6, 6.07) is 14.1. The summed E-state index contributed by atoms with van der Waals surface area (Å²) in [4.78, 5) is 6.70. The Bertz CT molecular complexity index is 1170. The van der Waals surface area contributed by atoms with Crippen molar-refractivity contribution in [3.8, 4) is 11.4 Å². The molecule has 0 amide bonds. The van der Waals surface area contributed by atoms with Crippen molar-refractivity contribution in [3.63, 3.8) is 0 Å². The molecule has 0 unspecified atom stereocenters. The number of ether oxygens (including phenoxy) is 1. The van der Waals surface area contributed by atoms with E-state index in [0.29, 0.717) is 10.6 Å². The zero-order valence-corrected chi connectivity index (χ0v) is 17.2. The van der Waals surface area contributed by atoms with E-state index in [2.05, 4.69) is 9.97 Å². The maximum absolute atomic E-state index is 13.1. The number of halogens is 1. The van der Waals surface area contributed by atoms with Crippen molar-refractivity contribution in [1.29, 1.82) is 0 Å². The molecule has 2 aromatic carbocycles. The van der Waals surface area contributed by atoms with Crippen LogP contribution < -0.4 is 0 Å². The molecule has 0 aliphatic carbocycles. The fourth-order valence-electron chi connectivity index (χ4n) is 2.49. The number of nitrogens with one attached hydrogen (secondary N) is 1. The summed E-state index contributed by atoms with van der Waals surface area (Å²) in [6.45, 7) is -0.0870. The lowest BCUT2D eigenvalue weighted by Gasteiger charge is -2.06. The SMILES string of the molecule is COCCS(=O)(=O)c1nc(-c2ccccc2)[nH]c1S(=O)(=O)c1ccc(Cl)cc1. The van der Waals surface area contributed by atoms with Gasteiger partial charge in [-0.2, -0.15) is 0 Å². The Balaban J connectivity index is 2.21. The number of hydrogen-bond donors (Lipinski definition) is 1. The van der Waals surface area contributed by atoms with E-state index < -0.39 is 35.5 Å². The van der Waals surface area contributed by atoms with Crippen molar-refractivity contribution in [2.45, 2.75) is 14.9 Å². The fourth-order valence-corrected chi connectivity index (χ4v) is 5.70. The molecular weight excluding hydrogens is 424 g/mol. The van der Waals surface area contributed by atoms with Crippen LogP contribution in [0.4, 0.5) is 0 Å². The molecule has 0 fully saturated rings. The lowest BCUT2D eigenvalue weighted by atomic mass is 10.2. The number of benzene rings is 2. The van der Waals surface area contributed by atoms with E-state index in [0.717, 1.165) is 0 Å². The van der Waals surface area contributed by atoms with E-state index in [1.54, 1.807) is 30.3 Å². The highest BCUT2D eigenvalue weighted by molar-refractivity contribution is 7.94. The van der Waals surface area contributed by atoms with E-state index >= 15 is 0 Å². The third kappa shape index (κ3) is 4.12. The highest BCUT2D eigenvalue weighted by atomic mass is 35.5. The van der Waals surface area contributed by atoms with Gasteiger partial charge in [0.05, 0.1) is 17.3 Å². The van der Waals surface area contributed by atoms with Gasteiger partial charge in [-0.05, 0) is 24.3 Å². The van der Waals surface area contributed by atoms with Crippen LogP contribution in [0.25, 0.3) is 11.4 Å². The molecule has 7 nitrogen and oxygen atoms in total. The summed E-state index contributed by atoms with van der Waals surface area (Å²) in [5.74, 6) is -0.254. The topological polar surface area (TPSA) is 106 Å². The first-order chi connectivity index (χ1) is 13.3. The number of rotatable bonds is 7. The number of methoxy groups -OCH3 is 1.